The highest BCUT2D eigenvalue weighted by atomic mass is 35.5. The quantitative estimate of drug-likeness (QED) is 0.927. The van der Waals surface area contributed by atoms with Crippen LogP contribution in [-0.4, -0.2) is 30.4 Å². The number of carbonyl (C=O) groups is 1. The van der Waals surface area contributed by atoms with Crippen molar-refractivity contribution < 1.29 is 4.79 Å². The molecule has 1 unspecified atom stereocenters. The van der Waals surface area contributed by atoms with Gasteiger partial charge in [-0.15, -0.1) is 0 Å². The normalized spacial score (nSPS) is 20.3. The average molecular weight is 287 g/mol. The fraction of sp³-hybridized carbons (Fsp3) is 0.462. The molecule has 0 aromatic heterocycles. The van der Waals surface area contributed by atoms with Crippen LogP contribution in [0.5, 0.6) is 0 Å². The van der Waals surface area contributed by atoms with E-state index < -0.39 is 0 Å². The molecule has 1 saturated heterocycles. The Morgan fingerprint density at radius 3 is 2.94 bits per heavy atom. The molecule has 1 atom stereocenters. The van der Waals surface area contributed by atoms with E-state index in [-0.39, 0.29) is 5.91 Å². The molecular formula is C13H16Cl2N2O. The summed E-state index contributed by atoms with van der Waals surface area (Å²) >= 11 is 12.1. The maximum absolute atomic E-state index is 11.4. The van der Waals surface area contributed by atoms with Gasteiger partial charge in [0.1, 0.15) is 0 Å². The molecule has 0 bridgehead atoms. The van der Waals surface area contributed by atoms with Crippen molar-refractivity contribution in [3.05, 3.63) is 33.8 Å². The zero-order valence-electron chi connectivity index (χ0n) is 10.2. The van der Waals surface area contributed by atoms with Gasteiger partial charge in [0.2, 0.25) is 5.91 Å². The molecule has 1 fully saturated rings. The van der Waals surface area contributed by atoms with Crippen LogP contribution in [0, 0.1) is 0 Å². The van der Waals surface area contributed by atoms with Crippen molar-refractivity contribution in [2.75, 3.05) is 13.6 Å². The molecular weight excluding hydrogens is 271 g/mol. The van der Waals surface area contributed by atoms with Gasteiger partial charge in [0.25, 0.3) is 0 Å². The molecule has 98 valence electrons. The molecule has 2 rings (SSSR count). The fourth-order valence-electron chi connectivity index (χ4n) is 2.12. The van der Waals surface area contributed by atoms with Crippen LogP contribution in [0.3, 0.4) is 0 Å². The maximum Gasteiger partial charge on any atom is 0.222 e. The Bertz CT molecular complexity index is 451. The number of nitrogens with zero attached hydrogens (tertiary/aromatic N) is 1. The minimum absolute atomic E-state index is 0.217. The molecule has 3 nitrogen and oxygen atoms in total. The molecule has 1 heterocycles. The number of hydrogen-bond acceptors (Lipinski definition) is 2. The van der Waals surface area contributed by atoms with Gasteiger partial charge in [0.05, 0.1) is 10.0 Å². The minimum atomic E-state index is 0.217. The Morgan fingerprint density at radius 2 is 2.22 bits per heavy atom. The van der Waals surface area contributed by atoms with Crippen LogP contribution >= 0.6 is 23.2 Å². The number of rotatable bonds is 3. The molecule has 0 saturated carbocycles. The summed E-state index contributed by atoms with van der Waals surface area (Å²) in [6, 6.07) is 5.95. The maximum atomic E-state index is 11.4. The topological polar surface area (TPSA) is 32.3 Å². The summed E-state index contributed by atoms with van der Waals surface area (Å²) in [4.78, 5) is 13.1. The number of nitrogens with one attached hydrogen (secondary N) is 1. The number of halogens is 2. The summed E-state index contributed by atoms with van der Waals surface area (Å²) in [6.45, 7) is 1.42. The highest BCUT2D eigenvalue weighted by Crippen LogP contribution is 2.25. The molecule has 0 aliphatic carbocycles. The van der Waals surface area contributed by atoms with E-state index in [0.29, 0.717) is 29.1 Å². The minimum Gasteiger partial charge on any atom is -0.344 e. The van der Waals surface area contributed by atoms with E-state index in [1.807, 2.05) is 19.2 Å². The van der Waals surface area contributed by atoms with Gasteiger partial charge in [0, 0.05) is 32.6 Å². The van der Waals surface area contributed by atoms with Crippen molar-refractivity contribution in [1.82, 2.24) is 10.2 Å². The van der Waals surface area contributed by atoms with E-state index in [1.165, 1.54) is 0 Å². The number of amides is 1. The first-order valence-corrected chi connectivity index (χ1v) is 6.73. The number of likely N-dealkylation sites (N-methyl/N-ethyl adjacent to an activating group) is 1. The van der Waals surface area contributed by atoms with Crippen molar-refractivity contribution in [3.8, 4) is 0 Å². The second-order valence-corrected chi connectivity index (χ2v) is 5.39. The lowest BCUT2D eigenvalue weighted by Gasteiger charge is -2.30. The SMILES string of the molecule is CN1CC(NCc2cccc(Cl)c2Cl)CCC1=O. The summed E-state index contributed by atoms with van der Waals surface area (Å²) in [7, 11) is 1.84. The van der Waals surface area contributed by atoms with Crippen molar-refractivity contribution in [2.45, 2.75) is 25.4 Å². The van der Waals surface area contributed by atoms with Crippen LogP contribution in [0.25, 0.3) is 0 Å². The van der Waals surface area contributed by atoms with Gasteiger partial charge >= 0.3 is 0 Å². The van der Waals surface area contributed by atoms with Crippen LogP contribution in [0.1, 0.15) is 18.4 Å². The van der Waals surface area contributed by atoms with Crippen molar-refractivity contribution in [1.29, 1.82) is 0 Å². The lowest BCUT2D eigenvalue weighted by atomic mass is 10.1. The highest BCUT2D eigenvalue weighted by molar-refractivity contribution is 6.42. The van der Waals surface area contributed by atoms with Crippen LogP contribution in [0.2, 0.25) is 10.0 Å². The first kappa shape index (κ1) is 13.7. The molecule has 1 aliphatic rings. The lowest BCUT2D eigenvalue weighted by Crippen LogP contribution is -2.46. The first-order chi connectivity index (χ1) is 8.58. The second-order valence-electron chi connectivity index (χ2n) is 4.60. The summed E-state index contributed by atoms with van der Waals surface area (Å²) in [5.74, 6) is 0.217. The van der Waals surface area contributed by atoms with E-state index in [2.05, 4.69) is 5.32 Å². The first-order valence-electron chi connectivity index (χ1n) is 5.98. The second kappa shape index (κ2) is 5.91. The highest BCUT2D eigenvalue weighted by Gasteiger charge is 2.22. The van der Waals surface area contributed by atoms with Crippen LogP contribution in [-0.2, 0) is 11.3 Å². The van der Waals surface area contributed by atoms with Gasteiger partial charge in [-0.05, 0) is 18.1 Å². The van der Waals surface area contributed by atoms with E-state index in [1.54, 1.807) is 11.0 Å². The number of carbonyl (C=O) groups excluding carboxylic acids is 1. The van der Waals surface area contributed by atoms with Gasteiger partial charge in [-0.3, -0.25) is 4.79 Å². The average Bonchev–Trinajstić information content (AvgIpc) is 2.35. The zero-order valence-corrected chi connectivity index (χ0v) is 11.8. The van der Waals surface area contributed by atoms with Gasteiger partial charge in [-0.2, -0.15) is 0 Å². The third kappa shape index (κ3) is 3.16. The van der Waals surface area contributed by atoms with E-state index in [9.17, 15) is 4.79 Å². The van der Waals surface area contributed by atoms with Crippen molar-refractivity contribution in [2.24, 2.45) is 0 Å². The third-order valence-corrected chi connectivity index (χ3v) is 4.10. The molecule has 0 radical (unpaired) electrons. The standard InChI is InChI=1S/C13H16Cl2N2O/c1-17-8-10(5-6-12(17)18)16-7-9-3-2-4-11(14)13(9)15/h2-4,10,16H,5-8H2,1H3. The summed E-state index contributed by atoms with van der Waals surface area (Å²) in [5, 5.41) is 4.60. The molecule has 1 amide bonds. The number of benzene rings is 1. The van der Waals surface area contributed by atoms with Gasteiger partial charge in [0.15, 0.2) is 0 Å². The van der Waals surface area contributed by atoms with E-state index >= 15 is 0 Å². The Hall–Kier alpha value is -0.770. The largest absolute Gasteiger partial charge is 0.344 e. The molecule has 5 heteroatoms. The van der Waals surface area contributed by atoms with Crippen molar-refractivity contribution >= 4 is 29.1 Å². The third-order valence-electron chi connectivity index (χ3n) is 3.24. The zero-order chi connectivity index (χ0) is 13.1. The smallest absolute Gasteiger partial charge is 0.222 e. The fourth-order valence-corrected chi connectivity index (χ4v) is 2.51. The Morgan fingerprint density at radius 1 is 1.44 bits per heavy atom. The van der Waals surface area contributed by atoms with Crippen LogP contribution < -0.4 is 5.32 Å². The van der Waals surface area contributed by atoms with Gasteiger partial charge in [-0.1, -0.05) is 35.3 Å². The van der Waals surface area contributed by atoms with Crippen molar-refractivity contribution in [3.63, 3.8) is 0 Å². The Kier molecular flexibility index (Phi) is 4.49. The number of likely N-dealkylation sites (tertiary alicyclic amines) is 1. The lowest BCUT2D eigenvalue weighted by molar-refractivity contribution is -0.132. The summed E-state index contributed by atoms with van der Waals surface area (Å²) in [5.41, 5.74) is 0.990. The number of piperidine rings is 1. The predicted molar refractivity (Wildman–Crippen MR) is 74.0 cm³/mol. The molecule has 1 N–H and O–H groups in total. The van der Waals surface area contributed by atoms with E-state index in [4.69, 9.17) is 23.2 Å². The molecule has 1 aromatic rings. The molecule has 1 aliphatic heterocycles. The molecule has 1 aromatic carbocycles. The Balaban J connectivity index is 1.92. The predicted octanol–water partition coefficient (Wildman–Crippen LogP) is 2.70. The van der Waals surface area contributed by atoms with Crippen LogP contribution in [0.15, 0.2) is 18.2 Å². The molecule has 18 heavy (non-hydrogen) atoms. The Labute approximate surface area is 117 Å². The monoisotopic (exact) mass is 286 g/mol. The molecule has 0 spiro atoms. The summed E-state index contributed by atoms with van der Waals surface area (Å²) < 4.78 is 0. The van der Waals surface area contributed by atoms with Gasteiger partial charge in [-0.25, -0.2) is 0 Å². The van der Waals surface area contributed by atoms with Crippen LogP contribution in [0.4, 0.5) is 0 Å². The summed E-state index contributed by atoms with van der Waals surface area (Å²) in [6.07, 6.45) is 1.48. The van der Waals surface area contributed by atoms with E-state index in [0.717, 1.165) is 18.5 Å². The van der Waals surface area contributed by atoms with Gasteiger partial charge < -0.3 is 10.2 Å². The number of hydrogen-bond donors (Lipinski definition) is 1.